The first-order chi connectivity index (χ1) is 7.69. The van der Waals surface area contributed by atoms with Gasteiger partial charge in [-0.15, -0.1) is 0 Å². The van der Waals surface area contributed by atoms with Crippen molar-refractivity contribution in [2.45, 2.75) is 0 Å². The zero-order valence-electron chi connectivity index (χ0n) is 8.53. The molecule has 3 nitrogen and oxygen atoms in total. The van der Waals surface area contributed by atoms with Gasteiger partial charge in [-0.05, 0) is 40.2 Å². The maximum Gasteiger partial charge on any atom is 0.150 e. The summed E-state index contributed by atoms with van der Waals surface area (Å²) in [7, 11) is 1.55. The van der Waals surface area contributed by atoms with Crippen molar-refractivity contribution in [3.63, 3.8) is 0 Å². The van der Waals surface area contributed by atoms with Crippen molar-refractivity contribution in [3.8, 4) is 11.5 Å². The average molecular weight is 281 g/mol. The van der Waals surface area contributed by atoms with Gasteiger partial charge in [0.2, 0.25) is 0 Å². The lowest BCUT2D eigenvalue weighted by molar-refractivity contribution is 0.112. The monoisotopic (exact) mass is 280 g/mol. The summed E-state index contributed by atoms with van der Waals surface area (Å²) < 4.78 is 5.73. The Morgan fingerprint density at radius 3 is 2.69 bits per heavy atom. The molecule has 2 aromatic carbocycles. The highest BCUT2D eigenvalue weighted by Crippen LogP contribution is 2.38. The van der Waals surface area contributed by atoms with Crippen molar-refractivity contribution < 1.29 is 14.6 Å². The number of ether oxygens (including phenoxy) is 1. The third-order valence-electron chi connectivity index (χ3n) is 2.44. The molecule has 0 atom stereocenters. The number of hydrogen-bond acceptors (Lipinski definition) is 3. The third-order valence-corrected chi connectivity index (χ3v) is 3.08. The molecular formula is C12H9BrO3. The van der Waals surface area contributed by atoms with Crippen molar-refractivity contribution >= 4 is 33.0 Å². The Morgan fingerprint density at radius 1 is 1.31 bits per heavy atom. The van der Waals surface area contributed by atoms with Gasteiger partial charge in [-0.25, -0.2) is 0 Å². The van der Waals surface area contributed by atoms with E-state index in [9.17, 15) is 9.90 Å². The molecule has 0 aromatic heterocycles. The first-order valence-electron chi connectivity index (χ1n) is 4.62. The van der Waals surface area contributed by atoms with Crippen molar-refractivity contribution in [3.05, 3.63) is 34.3 Å². The predicted octanol–water partition coefficient (Wildman–Crippen LogP) is 3.13. The lowest BCUT2D eigenvalue weighted by Crippen LogP contribution is -1.90. The Hall–Kier alpha value is -1.55. The Bertz CT molecular complexity index is 564. The SMILES string of the molecule is COc1ccc(C=O)c2c(O)c(Br)ccc12. The molecule has 0 amide bonds. The number of halogens is 1. The molecule has 0 spiro atoms. The standard InChI is InChI=1S/C12H9BrO3/c1-16-10-5-2-7(6-14)11-8(10)3-4-9(13)12(11)15/h2-6,15H,1H3. The van der Waals surface area contributed by atoms with E-state index in [2.05, 4.69) is 15.9 Å². The fourth-order valence-corrected chi connectivity index (χ4v) is 2.01. The van der Waals surface area contributed by atoms with E-state index in [1.54, 1.807) is 31.4 Å². The van der Waals surface area contributed by atoms with Gasteiger partial charge in [0.05, 0.1) is 11.6 Å². The summed E-state index contributed by atoms with van der Waals surface area (Å²) in [6.07, 6.45) is 0.716. The van der Waals surface area contributed by atoms with E-state index in [0.717, 1.165) is 0 Å². The van der Waals surface area contributed by atoms with Crippen LogP contribution in [0, 0.1) is 0 Å². The van der Waals surface area contributed by atoms with Gasteiger partial charge in [0.1, 0.15) is 11.5 Å². The molecule has 0 unspecified atom stereocenters. The normalized spacial score (nSPS) is 10.4. The molecule has 0 bridgehead atoms. The van der Waals surface area contributed by atoms with Crippen LogP contribution in [0.1, 0.15) is 10.4 Å². The van der Waals surface area contributed by atoms with Crippen molar-refractivity contribution in [1.82, 2.24) is 0 Å². The summed E-state index contributed by atoms with van der Waals surface area (Å²) in [6, 6.07) is 6.85. The zero-order chi connectivity index (χ0) is 11.7. The van der Waals surface area contributed by atoms with Crippen LogP contribution in [0.15, 0.2) is 28.7 Å². The summed E-state index contributed by atoms with van der Waals surface area (Å²) in [5.41, 5.74) is 0.439. The molecule has 1 N–H and O–H groups in total. The van der Waals surface area contributed by atoms with Crippen LogP contribution in [-0.2, 0) is 0 Å². The molecule has 0 saturated carbocycles. The fraction of sp³-hybridized carbons (Fsp3) is 0.0833. The first kappa shape index (κ1) is 11.0. The molecule has 4 heteroatoms. The number of aromatic hydroxyl groups is 1. The number of fused-ring (bicyclic) bond motifs is 1. The zero-order valence-corrected chi connectivity index (χ0v) is 10.1. The number of carbonyl (C=O) groups is 1. The lowest BCUT2D eigenvalue weighted by Gasteiger charge is -2.09. The Balaban J connectivity index is 2.96. The van der Waals surface area contributed by atoms with Crippen LogP contribution in [0.4, 0.5) is 0 Å². The predicted molar refractivity (Wildman–Crippen MR) is 65.3 cm³/mol. The maximum atomic E-state index is 10.9. The molecule has 0 aliphatic heterocycles. The second-order valence-corrected chi connectivity index (χ2v) is 4.15. The Morgan fingerprint density at radius 2 is 2.06 bits per heavy atom. The lowest BCUT2D eigenvalue weighted by atomic mass is 10.0. The van der Waals surface area contributed by atoms with Crippen molar-refractivity contribution in [2.75, 3.05) is 7.11 Å². The molecule has 2 aromatic rings. The molecule has 0 radical (unpaired) electrons. The molecule has 16 heavy (non-hydrogen) atoms. The summed E-state index contributed by atoms with van der Waals surface area (Å²) >= 11 is 3.22. The molecule has 82 valence electrons. The molecule has 0 aliphatic carbocycles. The minimum absolute atomic E-state index is 0.0542. The van der Waals surface area contributed by atoms with Gasteiger partial charge in [0.15, 0.2) is 6.29 Å². The van der Waals surface area contributed by atoms with Gasteiger partial charge in [-0.3, -0.25) is 4.79 Å². The maximum absolute atomic E-state index is 10.9. The topological polar surface area (TPSA) is 46.5 Å². The second kappa shape index (κ2) is 4.14. The number of phenolic OH excluding ortho intramolecular Hbond substituents is 1. The molecule has 0 fully saturated rings. The van der Waals surface area contributed by atoms with Gasteiger partial charge >= 0.3 is 0 Å². The van der Waals surface area contributed by atoms with Gasteiger partial charge in [0.25, 0.3) is 0 Å². The molecular weight excluding hydrogens is 272 g/mol. The average Bonchev–Trinajstić information content (AvgIpc) is 2.32. The Kier molecular flexibility index (Phi) is 2.83. The number of hydrogen-bond donors (Lipinski definition) is 1. The third kappa shape index (κ3) is 1.55. The van der Waals surface area contributed by atoms with Crippen LogP contribution in [0.25, 0.3) is 10.8 Å². The van der Waals surface area contributed by atoms with E-state index < -0.39 is 0 Å². The van der Waals surface area contributed by atoms with Crippen molar-refractivity contribution in [2.24, 2.45) is 0 Å². The van der Waals surface area contributed by atoms with Crippen LogP contribution in [-0.4, -0.2) is 18.5 Å². The van der Waals surface area contributed by atoms with Gasteiger partial charge in [0, 0.05) is 16.3 Å². The molecule has 0 heterocycles. The highest BCUT2D eigenvalue weighted by atomic mass is 79.9. The number of rotatable bonds is 2. The number of aldehydes is 1. The van der Waals surface area contributed by atoms with Crippen LogP contribution < -0.4 is 4.74 Å². The highest BCUT2D eigenvalue weighted by Gasteiger charge is 2.12. The van der Waals surface area contributed by atoms with E-state index in [-0.39, 0.29) is 5.75 Å². The fourth-order valence-electron chi connectivity index (χ4n) is 1.68. The summed E-state index contributed by atoms with van der Waals surface area (Å²) in [4.78, 5) is 10.9. The largest absolute Gasteiger partial charge is 0.506 e. The van der Waals surface area contributed by atoms with Crippen LogP contribution in [0.5, 0.6) is 11.5 Å². The van der Waals surface area contributed by atoms with Crippen LogP contribution in [0.2, 0.25) is 0 Å². The first-order valence-corrected chi connectivity index (χ1v) is 5.41. The molecule has 0 aliphatic rings. The van der Waals surface area contributed by atoms with E-state index >= 15 is 0 Å². The van der Waals surface area contributed by atoms with E-state index in [1.807, 2.05) is 0 Å². The van der Waals surface area contributed by atoms with Gasteiger partial charge in [-0.1, -0.05) is 0 Å². The minimum atomic E-state index is 0.0542. The quantitative estimate of drug-likeness (QED) is 0.860. The number of benzene rings is 2. The smallest absolute Gasteiger partial charge is 0.150 e. The number of methoxy groups -OCH3 is 1. The summed E-state index contributed by atoms with van der Waals surface area (Å²) in [5, 5.41) is 11.1. The second-order valence-electron chi connectivity index (χ2n) is 3.29. The van der Waals surface area contributed by atoms with Crippen LogP contribution >= 0.6 is 15.9 Å². The number of phenols is 1. The number of carbonyl (C=O) groups excluding carboxylic acids is 1. The summed E-state index contributed by atoms with van der Waals surface area (Å²) in [6.45, 7) is 0. The summed E-state index contributed by atoms with van der Waals surface area (Å²) in [5.74, 6) is 0.682. The van der Waals surface area contributed by atoms with E-state index in [4.69, 9.17) is 4.74 Å². The van der Waals surface area contributed by atoms with E-state index in [0.29, 0.717) is 32.8 Å². The van der Waals surface area contributed by atoms with Gasteiger partial charge in [-0.2, -0.15) is 0 Å². The Labute approximate surface area is 101 Å². The van der Waals surface area contributed by atoms with Crippen molar-refractivity contribution in [1.29, 1.82) is 0 Å². The van der Waals surface area contributed by atoms with Gasteiger partial charge < -0.3 is 9.84 Å². The van der Waals surface area contributed by atoms with E-state index in [1.165, 1.54) is 0 Å². The molecule has 2 rings (SSSR count). The highest BCUT2D eigenvalue weighted by molar-refractivity contribution is 9.10. The minimum Gasteiger partial charge on any atom is -0.506 e. The molecule has 0 saturated heterocycles. The van der Waals surface area contributed by atoms with Crippen LogP contribution in [0.3, 0.4) is 0 Å².